The maximum atomic E-state index is 2.33. The van der Waals surface area contributed by atoms with E-state index in [0.717, 1.165) is 13.1 Å². The summed E-state index contributed by atoms with van der Waals surface area (Å²) in [6.45, 7) is 2.23. The van der Waals surface area contributed by atoms with Gasteiger partial charge in [0, 0.05) is 25.2 Å². The van der Waals surface area contributed by atoms with Gasteiger partial charge in [0.1, 0.15) is 0 Å². The Bertz CT molecular complexity index is 201. The zero-order valence-corrected chi connectivity index (χ0v) is 5.83. The molecule has 1 aliphatic heterocycles. The molecular formula is C9H10N. The smallest absolute Gasteiger partial charge is 0.0366 e. The normalized spacial score (nSPS) is 16.6. The van der Waals surface area contributed by atoms with Crippen molar-refractivity contribution in [3.05, 3.63) is 36.8 Å². The van der Waals surface area contributed by atoms with Crippen LogP contribution in [0.3, 0.4) is 0 Å². The first kappa shape index (κ1) is 5.78. The summed E-state index contributed by atoms with van der Waals surface area (Å²) >= 11 is 0. The third kappa shape index (κ3) is 0.878. The molecule has 0 saturated carbocycles. The lowest BCUT2D eigenvalue weighted by Crippen LogP contribution is -2.37. The van der Waals surface area contributed by atoms with Gasteiger partial charge in [-0.2, -0.15) is 0 Å². The fraction of sp³-hybridized carbons (Fsp3) is 0.222. The Hall–Kier alpha value is -0.980. The highest BCUT2D eigenvalue weighted by molar-refractivity contribution is 5.49. The summed E-state index contributed by atoms with van der Waals surface area (Å²) < 4.78 is 0. The van der Waals surface area contributed by atoms with Crippen LogP contribution in [0, 0.1) is 6.42 Å². The van der Waals surface area contributed by atoms with E-state index in [4.69, 9.17) is 0 Å². The van der Waals surface area contributed by atoms with Gasteiger partial charge in [0.25, 0.3) is 0 Å². The van der Waals surface area contributed by atoms with Crippen LogP contribution in [-0.2, 0) is 0 Å². The second-order valence-corrected chi connectivity index (χ2v) is 2.53. The van der Waals surface area contributed by atoms with Crippen molar-refractivity contribution in [3.63, 3.8) is 0 Å². The molecule has 0 unspecified atom stereocenters. The Labute approximate surface area is 61.3 Å². The molecule has 0 bridgehead atoms. The third-order valence-corrected chi connectivity index (χ3v) is 1.82. The van der Waals surface area contributed by atoms with Crippen LogP contribution >= 0.6 is 0 Å². The lowest BCUT2D eigenvalue weighted by molar-refractivity contribution is 0.763. The molecule has 51 valence electrons. The predicted octanol–water partition coefficient (Wildman–Crippen LogP) is 1.71. The largest absolute Gasteiger partial charge is 0.371 e. The Morgan fingerprint density at radius 2 is 1.70 bits per heavy atom. The highest BCUT2D eigenvalue weighted by Crippen LogP contribution is 2.18. The van der Waals surface area contributed by atoms with Crippen molar-refractivity contribution in [2.24, 2.45) is 0 Å². The maximum absolute atomic E-state index is 2.33. The molecule has 10 heavy (non-hydrogen) atoms. The molecule has 1 saturated heterocycles. The fourth-order valence-electron chi connectivity index (χ4n) is 1.11. The van der Waals surface area contributed by atoms with E-state index in [9.17, 15) is 0 Å². The Morgan fingerprint density at radius 1 is 1.00 bits per heavy atom. The van der Waals surface area contributed by atoms with E-state index in [-0.39, 0.29) is 0 Å². The van der Waals surface area contributed by atoms with Gasteiger partial charge in [-0.25, -0.2) is 0 Å². The van der Waals surface area contributed by atoms with Gasteiger partial charge in [0.15, 0.2) is 0 Å². The number of para-hydroxylation sites is 1. The van der Waals surface area contributed by atoms with E-state index in [1.54, 1.807) is 0 Å². The van der Waals surface area contributed by atoms with Gasteiger partial charge < -0.3 is 4.90 Å². The highest BCUT2D eigenvalue weighted by atomic mass is 15.2. The summed E-state index contributed by atoms with van der Waals surface area (Å²) in [4.78, 5) is 2.33. The molecule has 1 heterocycles. The summed E-state index contributed by atoms with van der Waals surface area (Å²) in [5, 5.41) is 0. The first-order valence-electron chi connectivity index (χ1n) is 3.58. The lowest BCUT2D eigenvalue weighted by atomic mass is 10.2. The summed E-state index contributed by atoms with van der Waals surface area (Å²) in [6.07, 6.45) is 2.27. The van der Waals surface area contributed by atoms with E-state index in [1.807, 2.05) is 6.07 Å². The summed E-state index contributed by atoms with van der Waals surface area (Å²) in [6, 6.07) is 10.5. The average Bonchev–Trinajstić information content (AvgIpc) is 1.86. The first-order chi connectivity index (χ1) is 4.97. The molecule has 1 heteroatoms. The minimum absolute atomic E-state index is 1.12. The van der Waals surface area contributed by atoms with Crippen LogP contribution in [0.5, 0.6) is 0 Å². The number of anilines is 1. The maximum Gasteiger partial charge on any atom is 0.0366 e. The van der Waals surface area contributed by atoms with Crippen molar-refractivity contribution in [1.82, 2.24) is 0 Å². The molecule has 0 spiro atoms. The van der Waals surface area contributed by atoms with Gasteiger partial charge in [-0.15, -0.1) is 0 Å². The molecule has 1 aromatic carbocycles. The molecule has 0 aliphatic carbocycles. The lowest BCUT2D eigenvalue weighted by Gasteiger charge is -2.32. The van der Waals surface area contributed by atoms with Crippen LogP contribution in [0.2, 0.25) is 0 Å². The number of rotatable bonds is 1. The molecule has 0 N–H and O–H groups in total. The molecule has 1 nitrogen and oxygen atoms in total. The van der Waals surface area contributed by atoms with E-state index >= 15 is 0 Å². The molecule has 0 aromatic heterocycles. The van der Waals surface area contributed by atoms with Crippen LogP contribution in [0.1, 0.15) is 0 Å². The Balaban J connectivity index is 2.18. The highest BCUT2D eigenvalue weighted by Gasteiger charge is 2.13. The molecular weight excluding hydrogens is 122 g/mol. The first-order valence-corrected chi connectivity index (χ1v) is 3.58. The number of hydrogen-bond donors (Lipinski definition) is 0. The average molecular weight is 132 g/mol. The second kappa shape index (κ2) is 2.33. The Kier molecular flexibility index (Phi) is 1.35. The number of nitrogens with zero attached hydrogens (tertiary/aromatic N) is 1. The fourth-order valence-corrected chi connectivity index (χ4v) is 1.11. The molecule has 1 radical (unpaired) electrons. The minimum Gasteiger partial charge on any atom is -0.371 e. The summed E-state index contributed by atoms with van der Waals surface area (Å²) in [5.74, 6) is 0. The van der Waals surface area contributed by atoms with Gasteiger partial charge in [-0.1, -0.05) is 18.2 Å². The molecule has 0 amide bonds. The summed E-state index contributed by atoms with van der Waals surface area (Å²) in [5.41, 5.74) is 1.34. The van der Waals surface area contributed by atoms with E-state index in [1.165, 1.54) is 5.69 Å². The number of benzene rings is 1. The topological polar surface area (TPSA) is 3.24 Å². The van der Waals surface area contributed by atoms with E-state index in [2.05, 4.69) is 35.6 Å². The van der Waals surface area contributed by atoms with E-state index in [0.29, 0.717) is 0 Å². The van der Waals surface area contributed by atoms with Gasteiger partial charge in [-0.05, 0) is 12.1 Å². The van der Waals surface area contributed by atoms with Crippen LogP contribution in [0.15, 0.2) is 30.3 Å². The minimum atomic E-state index is 1.12. The molecule has 1 aliphatic rings. The van der Waals surface area contributed by atoms with E-state index < -0.39 is 0 Å². The van der Waals surface area contributed by atoms with Crippen molar-refractivity contribution in [2.75, 3.05) is 18.0 Å². The van der Waals surface area contributed by atoms with Crippen molar-refractivity contribution >= 4 is 5.69 Å². The van der Waals surface area contributed by atoms with Gasteiger partial charge in [0.05, 0.1) is 0 Å². The zero-order chi connectivity index (χ0) is 6.81. The van der Waals surface area contributed by atoms with Gasteiger partial charge in [-0.3, -0.25) is 0 Å². The van der Waals surface area contributed by atoms with Crippen molar-refractivity contribution < 1.29 is 0 Å². The zero-order valence-electron chi connectivity index (χ0n) is 5.83. The summed E-state index contributed by atoms with van der Waals surface area (Å²) in [7, 11) is 0. The molecule has 1 fully saturated rings. The SMILES string of the molecule is [CH]1CN(c2ccccc2)C1. The van der Waals surface area contributed by atoms with Crippen LogP contribution in [0.4, 0.5) is 5.69 Å². The third-order valence-electron chi connectivity index (χ3n) is 1.82. The van der Waals surface area contributed by atoms with Crippen molar-refractivity contribution in [2.45, 2.75) is 0 Å². The second-order valence-electron chi connectivity index (χ2n) is 2.53. The van der Waals surface area contributed by atoms with Crippen molar-refractivity contribution in [3.8, 4) is 0 Å². The quantitative estimate of drug-likeness (QED) is 0.562. The molecule has 0 atom stereocenters. The Morgan fingerprint density at radius 3 is 2.20 bits per heavy atom. The predicted molar refractivity (Wildman–Crippen MR) is 43.0 cm³/mol. The van der Waals surface area contributed by atoms with Crippen molar-refractivity contribution in [1.29, 1.82) is 0 Å². The molecule has 1 aromatic rings. The molecule has 2 rings (SSSR count). The standard InChI is InChI=1S/C9H10N/c1-2-5-9(6-3-1)10-7-4-8-10/h1-6H,7-8H2. The van der Waals surface area contributed by atoms with Crippen LogP contribution in [0.25, 0.3) is 0 Å². The van der Waals surface area contributed by atoms with Crippen LogP contribution in [-0.4, -0.2) is 13.1 Å². The van der Waals surface area contributed by atoms with Crippen LogP contribution < -0.4 is 4.90 Å². The van der Waals surface area contributed by atoms with Gasteiger partial charge >= 0.3 is 0 Å². The monoisotopic (exact) mass is 132 g/mol. The van der Waals surface area contributed by atoms with Gasteiger partial charge in [0.2, 0.25) is 0 Å². The number of hydrogen-bond acceptors (Lipinski definition) is 1.